The van der Waals surface area contributed by atoms with E-state index in [-0.39, 0.29) is 11.8 Å². The Balaban J connectivity index is 1.32. The van der Waals surface area contributed by atoms with Crippen LogP contribution in [0.1, 0.15) is 68.1 Å². The molecule has 2 fully saturated rings. The third-order valence-electron chi connectivity index (χ3n) is 6.42. The van der Waals surface area contributed by atoms with Crippen molar-refractivity contribution in [2.75, 3.05) is 26.2 Å². The molecule has 1 amide bonds. The summed E-state index contributed by atoms with van der Waals surface area (Å²) in [6.07, 6.45) is 6.86. The maximum absolute atomic E-state index is 12.9. The number of nitrogens with zero attached hydrogens (tertiary/aromatic N) is 4. The molecule has 1 atom stereocenters. The minimum absolute atomic E-state index is 0.0948. The van der Waals surface area contributed by atoms with Gasteiger partial charge in [0, 0.05) is 32.6 Å². The Labute approximate surface area is 190 Å². The number of hydrogen-bond donors (Lipinski definition) is 0. The van der Waals surface area contributed by atoms with Gasteiger partial charge in [0.1, 0.15) is 0 Å². The summed E-state index contributed by atoms with van der Waals surface area (Å²) >= 11 is 0. The van der Waals surface area contributed by atoms with E-state index in [1.165, 1.54) is 0 Å². The second-order valence-corrected chi connectivity index (χ2v) is 10.8. The number of aromatic nitrogens is 2. The maximum Gasteiger partial charge on any atom is 0.243 e. The van der Waals surface area contributed by atoms with E-state index in [0.29, 0.717) is 49.1 Å². The molecule has 2 aliphatic rings. The Morgan fingerprint density at radius 2 is 1.78 bits per heavy atom. The molecule has 0 bridgehead atoms. The lowest BCUT2D eigenvalue weighted by Crippen LogP contribution is -2.39. The highest BCUT2D eigenvalue weighted by atomic mass is 32.2. The molecule has 1 unspecified atom stereocenters. The van der Waals surface area contributed by atoms with Gasteiger partial charge in [-0.25, -0.2) is 8.42 Å². The molecule has 8 nitrogen and oxygen atoms in total. The molecule has 3 heterocycles. The first-order valence-corrected chi connectivity index (χ1v) is 13.0. The lowest BCUT2D eigenvalue weighted by atomic mass is 9.97. The third kappa shape index (κ3) is 5.38. The number of likely N-dealkylation sites (tertiary alicyclic amines) is 1. The summed E-state index contributed by atoms with van der Waals surface area (Å²) in [6.45, 7) is 4.34. The SMILES string of the molecule is Cc1noc(C2CCCN(C(=O)CCc3ccc(S(=O)(=O)N4CCCCCC4)cc3)C2)n1. The summed E-state index contributed by atoms with van der Waals surface area (Å²) in [6, 6.07) is 7.01. The molecule has 0 spiro atoms. The summed E-state index contributed by atoms with van der Waals surface area (Å²) in [5.41, 5.74) is 0.967. The van der Waals surface area contributed by atoms with Crippen molar-refractivity contribution < 1.29 is 17.7 Å². The number of amides is 1. The average molecular weight is 461 g/mol. The molecule has 2 aromatic rings. The quantitative estimate of drug-likeness (QED) is 0.656. The molecule has 174 valence electrons. The van der Waals surface area contributed by atoms with Crippen LogP contribution in [0.25, 0.3) is 0 Å². The van der Waals surface area contributed by atoms with Crippen LogP contribution in [-0.4, -0.2) is 59.8 Å². The topological polar surface area (TPSA) is 96.6 Å². The number of sulfonamides is 1. The molecule has 0 N–H and O–H groups in total. The van der Waals surface area contributed by atoms with Gasteiger partial charge in [0.25, 0.3) is 0 Å². The van der Waals surface area contributed by atoms with Gasteiger partial charge < -0.3 is 9.42 Å². The van der Waals surface area contributed by atoms with E-state index in [0.717, 1.165) is 50.6 Å². The highest BCUT2D eigenvalue weighted by Gasteiger charge is 2.28. The highest BCUT2D eigenvalue weighted by molar-refractivity contribution is 7.89. The van der Waals surface area contributed by atoms with Crippen LogP contribution in [0.3, 0.4) is 0 Å². The van der Waals surface area contributed by atoms with Crippen molar-refractivity contribution in [1.82, 2.24) is 19.3 Å². The molecular formula is C23H32N4O4S. The van der Waals surface area contributed by atoms with Crippen molar-refractivity contribution >= 4 is 15.9 Å². The molecule has 2 saturated heterocycles. The largest absolute Gasteiger partial charge is 0.342 e. The number of benzene rings is 1. The number of hydrogen-bond acceptors (Lipinski definition) is 6. The molecule has 1 aromatic heterocycles. The first-order valence-electron chi connectivity index (χ1n) is 11.6. The predicted octanol–water partition coefficient (Wildman–Crippen LogP) is 3.28. The fraction of sp³-hybridized carbons (Fsp3) is 0.609. The van der Waals surface area contributed by atoms with Crippen molar-refractivity contribution in [1.29, 1.82) is 0 Å². The number of carbonyl (C=O) groups is 1. The van der Waals surface area contributed by atoms with Gasteiger partial charge in [-0.3, -0.25) is 4.79 Å². The minimum Gasteiger partial charge on any atom is -0.342 e. The molecule has 32 heavy (non-hydrogen) atoms. The molecule has 4 rings (SSSR count). The van der Waals surface area contributed by atoms with Crippen molar-refractivity contribution in [3.8, 4) is 0 Å². The minimum atomic E-state index is -3.44. The Morgan fingerprint density at radius 1 is 1.06 bits per heavy atom. The maximum atomic E-state index is 12.9. The zero-order chi connectivity index (χ0) is 22.6. The van der Waals surface area contributed by atoms with Gasteiger partial charge in [-0.05, 0) is 56.7 Å². The summed E-state index contributed by atoms with van der Waals surface area (Å²) in [5, 5.41) is 3.86. The van der Waals surface area contributed by atoms with Crippen molar-refractivity contribution in [3.05, 3.63) is 41.5 Å². The average Bonchev–Trinajstić information content (AvgIpc) is 3.06. The summed E-state index contributed by atoms with van der Waals surface area (Å²) in [7, 11) is -3.44. The van der Waals surface area contributed by atoms with Gasteiger partial charge in [-0.2, -0.15) is 9.29 Å². The van der Waals surface area contributed by atoms with Gasteiger partial charge in [-0.15, -0.1) is 0 Å². The van der Waals surface area contributed by atoms with Gasteiger partial charge in [0.15, 0.2) is 5.82 Å². The molecular weight excluding hydrogens is 428 g/mol. The summed E-state index contributed by atoms with van der Waals surface area (Å²) < 4.78 is 32.7. The standard InChI is InChI=1S/C23H32N4O4S/c1-18-24-23(31-25-18)20-7-6-14-26(17-20)22(28)13-10-19-8-11-21(12-9-19)32(29,30)27-15-4-2-3-5-16-27/h8-9,11-12,20H,2-7,10,13-17H2,1H3. The lowest BCUT2D eigenvalue weighted by molar-refractivity contribution is -0.132. The van der Waals surface area contributed by atoms with Crippen molar-refractivity contribution in [2.45, 2.75) is 69.1 Å². The Hall–Kier alpha value is -2.26. The van der Waals surface area contributed by atoms with Gasteiger partial charge in [0.05, 0.1) is 10.8 Å². The lowest BCUT2D eigenvalue weighted by Gasteiger charge is -2.31. The fourth-order valence-corrected chi connectivity index (χ4v) is 6.07. The monoisotopic (exact) mass is 460 g/mol. The van der Waals surface area contributed by atoms with Gasteiger partial charge >= 0.3 is 0 Å². The van der Waals surface area contributed by atoms with E-state index in [2.05, 4.69) is 10.1 Å². The zero-order valence-corrected chi connectivity index (χ0v) is 19.5. The fourth-order valence-electron chi connectivity index (χ4n) is 4.55. The number of rotatable bonds is 6. The van der Waals surface area contributed by atoms with Crippen LogP contribution >= 0.6 is 0 Å². The van der Waals surface area contributed by atoms with Crippen LogP contribution in [0.15, 0.2) is 33.7 Å². The highest BCUT2D eigenvalue weighted by Crippen LogP contribution is 2.26. The number of piperidine rings is 1. The van der Waals surface area contributed by atoms with Crippen LogP contribution in [0.2, 0.25) is 0 Å². The normalized spacial score (nSPS) is 20.8. The third-order valence-corrected chi connectivity index (χ3v) is 8.33. The smallest absolute Gasteiger partial charge is 0.243 e. The van der Waals surface area contributed by atoms with E-state index >= 15 is 0 Å². The van der Waals surface area contributed by atoms with E-state index in [9.17, 15) is 13.2 Å². The van der Waals surface area contributed by atoms with Crippen LogP contribution < -0.4 is 0 Å². The van der Waals surface area contributed by atoms with Gasteiger partial charge in [-0.1, -0.05) is 30.1 Å². The molecule has 0 radical (unpaired) electrons. The molecule has 0 aliphatic carbocycles. The summed E-state index contributed by atoms with van der Waals surface area (Å²) in [4.78, 5) is 19.3. The van der Waals surface area contributed by atoms with Crippen molar-refractivity contribution in [3.63, 3.8) is 0 Å². The van der Waals surface area contributed by atoms with Crippen molar-refractivity contribution in [2.24, 2.45) is 0 Å². The van der Waals surface area contributed by atoms with E-state index < -0.39 is 10.0 Å². The van der Waals surface area contributed by atoms with Gasteiger partial charge in [0.2, 0.25) is 21.8 Å². The van der Waals surface area contributed by atoms with E-state index in [1.54, 1.807) is 23.4 Å². The second kappa shape index (κ2) is 10.1. The van der Waals surface area contributed by atoms with E-state index in [4.69, 9.17) is 4.52 Å². The molecule has 1 aromatic carbocycles. The number of carbonyl (C=O) groups excluding carboxylic acids is 1. The van der Waals surface area contributed by atoms with Crippen LogP contribution in [0.4, 0.5) is 0 Å². The van der Waals surface area contributed by atoms with Crippen LogP contribution in [0.5, 0.6) is 0 Å². The van der Waals surface area contributed by atoms with Crippen LogP contribution in [-0.2, 0) is 21.2 Å². The Kier molecular flexibility index (Phi) is 7.25. The molecule has 0 saturated carbocycles. The Morgan fingerprint density at radius 3 is 2.44 bits per heavy atom. The van der Waals surface area contributed by atoms with Crippen LogP contribution in [0, 0.1) is 6.92 Å². The first-order chi connectivity index (χ1) is 15.4. The number of aryl methyl sites for hydroxylation is 2. The molecule has 2 aliphatic heterocycles. The molecule has 9 heteroatoms. The zero-order valence-electron chi connectivity index (χ0n) is 18.7. The second-order valence-electron chi connectivity index (χ2n) is 8.82. The first kappa shape index (κ1) is 22.9. The summed E-state index contributed by atoms with van der Waals surface area (Å²) in [5.74, 6) is 1.43. The predicted molar refractivity (Wildman–Crippen MR) is 120 cm³/mol. The Bertz CT molecular complexity index is 1010. The van der Waals surface area contributed by atoms with E-state index in [1.807, 2.05) is 17.0 Å².